The lowest BCUT2D eigenvalue weighted by Gasteiger charge is -2.20. The fourth-order valence-corrected chi connectivity index (χ4v) is 6.49. The average molecular weight is 485 g/mol. The van der Waals surface area contributed by atoms with E-state index in [0.29, 0.717) is 29.1 Å². The molecule has 0 fully saturated rings. The lowest BCUT2D eigenvalue weighted by molar-refractivity contribution is 0.415. The molecular weight excluding hydrogens is 455 g/mol. The molecule has 1 aliphatic rings. The predicted octanol–water partition coefficient (Wildman–Crippen LogP) is 6.53. The Morgan fingerprint density at radius 2 is 1.73 bits per heavy atom. The number of para-hydroxylation sites is 1. The summed E-state index contributed by atoms with van der Waals surface area (Å²) in [6, 6.07) is 11.9. The van der Waals surface area contributed by atoms with Gasteiger partial charge in [0.1, 0.15) is 17.9 Å². The largest absolute Gasteiger partial charge is 0.495 e. The van der Waals surface area contributed by atoms with Gasteiger partial charge in [-0.2, -0.15) is 4.98 Å². The van der Waals surface area contributed by atoms with Gasteiger partial charge < -0.3 is 19.9 Å². The third-order valence-electron chi connectivity index (χ3n) is 6.27. The fourth-order valence-electron chi connectivity index (χ4n) is 4.29. The Kier molecular flexibility index (Phi) is 7.26. The van der Waals surface area contributed by atoms with Gasteiger partial charge in [0.05, 0.1) is 24.7 Å². The van der Waals surface area contributed by atoms with Gasteiger partial charge in [-0.3, -0.25) is 0 Å². The molecule has 3 aromatic rings. The van der Waals surface area contributed by atoms with E-state index in [1.165, 1.54) is 24.0 Å². The molecule has 174 valence electrons. The number of hydrogen-bond acceptors (Lipinski definition) is 6. The molecule has 0 radical (unpaired) electrons. The van der Waals surface area contributed by atoms with Gasteiger partial charge in [0.2, 0.25) is 5.95 Å². The molecule has 0 bridgehead atoms. The Morgan fingerprint density at radius 3 is 2.42 bits per heavy atom. The van der Waals surface area contributed by atoms with Gasteiger partial charge in [-0.25, -0.2) is 4.98 Å². The maximum Gasteiger partial charge on any atom is 0.229 e. The fraction of sp³-hybridized carbons (Fsp3) is 0.360. The number of aryl methyl sites for hydroxylation is 2. The molecule has 6 nitrogen and oxygen atoms in total. The number of anilines is 4. The molecule has 0 amide bonds. The molecule has 0 saturated carbocycles. The second-order valence-electron chi connectivity index (χ2n) is 8.21. The maximum atomic E-state index is 13.4. The van der Waals surface area contributed by atoms with E-state index in [1.54, 1.807) is 13.3 Å². The summed E-state index contributed by atoms with van der Waals surface area (Å²) in [4.78, 5) is 8.98. The van der Waals surface area contributed by atoms with E-state index < -0.39 is 7.14 Å². The van der Waals surface area contributed by atoms with Gasteiger partial charge in [0.15, 0.2) is 5.82 Å². The molecule has 0 spiro atoms. The van der Waals surface area contributed by atoms with E-state index in [9.17, 15) is 4.57 Å². The van der Waals surface area contributed by atoms with Crippen LogP contribution in [0.1, 0.15) is 37.8 Å². The van der Waals surface area contributed by atoms with Gasteiger partial charge in [-0.15, -0.1) is 0 Å². The quantitative estimate of drug-likeness (QED) is 0.354. The van der Waals surface area contributed by atoms with Crippen molar-refractivity contribution in [2.75, 3.05) is 30.1 Å². The summed E-state index contributed by atoms with van der Waals surface area (Å²) in [6.45, 7) is 3.93. The molecule has 0 unspecified atom stereocenters. The molecule has 0 aliphatic heterocycles. The van der Waals surface area contributed by atoms with Crippen molar-refractivity contribution >= 4 is 47.2 Å². The Balaban J connectivity index is 1.65. The Hall–Kier alpha value is -2.56. The first-order chi connectivity index (χ1) is 16.0. The Bertz CT molecular complexity index is 1190. The van der Waals surface area contributed by atoms with Crippen LogP contribution >= 0.6 is 18.7 Å². The highest BCUT2D eigenvalue weighted by molar-refractivity contribution is 7.71. The van der Waals surface area contributed by atoms with Crippen LogP contribution in [-0.2, 0) is 17.4 Å². The highest BCUT2D eigenvalue weighted by Gasteiger charge is 2.24. The van der Waals surface area contributed by atoms with Crippen LogP contribution in [0.2, 0.25) is 5.02 Å². The number of benzene rings is 2. The van der Waals surface area contributed by atoms with Crippen molar-refractivity contribution in [2.24, 2.45) is 0 Å². The number of fused-ring (bicyclic) bond motifs is 1. The molecule has 4 rings (SSSR count). The van der Waals surface area contributed by atoms with Crippen molar-refractivity contribution in [2.45, 2.75) is 39.5 Å². The monoisotopic (exact) mass is 484 g/mol. The minimum absolute atomic E-state index is 0.385. The van der Waals surface area contributed by atoms with Crippen molar-refractivity contribution in [3.63, 3.8) is 0 Å². The number of rotatable bonds is 8. The van der Waals surface area contributed by atoms with Crippen LogP contribution in [0.4, 0.5) is 23.1 Å². The maximum absolute atomic E-state index is 13.4. The van der Waals surface area contributed by atoms with E-state index in [2.05, 4.69) is 32.7 Å². The molecule has 1 heterocycles. The topological polar surface area (TPSA) is 76.1 Å². The number of nitrogens with zero attached hydrogens (tertiary/aromatic N) is 2. The summed E-state index contributed by atoms with van der Waals surface area (Å²) in [5, 5.41) is 7.79. The molecule has 33 heavy (non-hydrogen) atoms. The highest BCUT2D eigenvalue weighted by Crippen LogP contribution is 2.46. The molecule has 0 atom stereocenters. The number of aromatic nitrogens is 2. The zero-order valence-corrected chi connectivity index (χ0v) is 21.0. The number of ether oxygens (including phenoxy) is 1. The van der Waals surface area contributed by atoms with E-state index >= 15 is 0 Å². The normalized spacial score (nSPS) is 13.3. The Labute approximate surface area is 200 Å². The molecule has 0 saturated heterocycles. The van der Waals surface area contributed by atoms with Crippen LogP contribution in [0.15, 0.2) is 42.6 Å². The van der Waals surface area contributed by atoms with E-state index in [4.69, 9.17) is 16.3 Å². The molecule has 1 aromatic heterocycles. The van der Waals surface area contributed by atoms with Crippen LogP contribution in [0, 0.1) is 0 Å². The summed E-state index contributed by atoms with van der Waals surface area (Å²) in [6.07, 6.45) is 7.32. The van der Waals surface area contributed by atoms with Gasteiger partial charge >= 0.3 is 0 Å². The summed E-state index contributed by atoms with van der Waals surface area (Å²) in [5.74, 6) is 1.63. The zero-order chi connectivity index (χ0) is 23.4. The average Bonchev–Trinajstić information content (AvgIpc) is 2.85. The number of hydrogen-bond donors (Lipinski definition) is 2. The second kappa shape index (κ2) is 10.1. The van der Waals surface area contributed by atoms with Crippen molar-refractivity contribution in [1.82, 2.24) is 9.97 Å². The van der Waals surface area contributed by atoms with Gasteiger partial charge in [-0.05, 0) is 61.1 Å². The first-order valence-electron chi connectivity index (χ1n) is 11.4. The summed E-state index contributed by atoms with van der Waals surface area (Å²) in [5.41, 5.74) is 4.26. The minimum atomic E-state index is -2.49. The van der Waals surface area contributed by atoms with E-state index in [1.807, 2.05) is 38.1 Å². The van der Waals surface area contributed by atoms with Crippen LogP contribution in [-0.4, -0.2) is 29.4 Å². The molecule has 1 aliphatic carbocycles. The van der Waals surface area contributed by atoms with Crippen LogP contribution in [0.3, 0.4) is 0 Å². The lowest BCUT2D eigenvalue weighted by Crippen LogP contribution is -2.14. The molecule has 2 N–H and O–H groups in total. The number of halogens is 1. The molecule has 2 aromatic carbocycles. The van der Waals surface area contributed by atoms with E-state index in [-0.39, 0.29) is 0 Å². The predicted molar refractivity (Wildman–Crippen MR) is 138 cm³/mol. The van der Waals surface area contributed by atoms with Gasteiger partial charge in [-0.1, -0.05) is 37.6 Å². The zero-order valence-electron chi connectivity index (χ0n) is 19.3. The smallest absolute Gasteiger partial charge is 0.229 e. The van der Waals surface area contributed by atoms with Crippen LogP contribution in [0.5, 0.6) is 5.75 Å². The standard InChI is InChI=1S/C25H30ClN4O2P/c1-4-33(31,5-2)23-13-9-8-12-20(23)28-24-19(26)16-27-25(30-24)29-21-14-17-10-6-7-11-18(17)15-22(21)32-3/h8-9,12-16H,4-7,10-11H2,1-3H3,(H2,27,28,29,30). The number of nitrogens with one attached hydrogen (secondary N) is 2. The van der Waals surface area contributed by atoms with Gasteiger partial charge in [0.25, 0.3) is 0 Å². The van der Waals surface area contributed by atoms with Crippen LogP contribution < -0.4 is 20.7 Å². The third-order valence-corrected chi connectivity index (χ3v) is 9.86. The highest BCUT2D eigenvalue weighted by atomic mass is 35.5. The Morgan fingerprint density at radius 1 is 1.03 bits per heavy atom. The molecule has 8 heteroatoms. The third kappa shape index (κ3) is 5.02. The van der Waals surface area contributed by atoms with Crippen LogP contribution in [0.25, 0.3) is 0 Å². The minimum Gasteiger partial charge on any atom is -0.495 e. The summed E-state index contributed by atoms with van der Waals surface area (Å²) in [7, 11) is -0.824. The molecular formula is C25H30ClN4O2P. The first-order valence-corrected chi connectivity index (χ1v) is 13.9. The number of methoxy groups -OCH3 is 1. The van der Waals surface area contributed by atoms with Crippen molar-refractivity contribution in [1.29, 1.82) is 0 Å². The second-order valence-corrected chi connectivity index (χ2v) is 12.1. The van der Waals surface area contributed by atoms with Crippen molar-refractivity contribution in [3.8, 4) is 5.75 Å². The van der Waals surface area contributed by atoms with Crippen molar-refractivity contribution in [3.05, 3.63) is 58.7 Å². The van der Waals surface area contributed by atoms with Gasteiger partial charge in [0, 0.05) is 17.6 Å². The SMILES string of the molecule is CCP(=O)(CC)c1ccccc1Nc1nc(Nc2cc3c(cc2OC)CCCC3)ncc1Cl. The van der Waals surface area contributed by atoms with Crippen molar-refractivity contribution < 1.29 is 9.30 Å². The summed E-state index contributed by atoms with van der Waals surface area (Å²) >= 11 is 6.43. The lowest BCUT2D eigenvalue weighted by atomic mass is 9.91. The first kappa shape index (κ1) is 23.6. The van der Waals surface area contributed by atoms with E-state index in [0.717, 1.165) is 35.3 Å². The summed E-state index contributed by atoms with van der Waals surface area (Å²) < 4.78 is 19.0.